The summed E-state index contributed by atoms with van der Waals surface area (Å²) in [6.45, 7) is 2.18. The lowest BCUT2D eigenvalue weighted by atomic mass is 10.1. The number of benzene rings is 2. The predicted octanol–water partition coefficient (Wildman–Crippen LogP) is 2.91. The Morgan fingerprint density at radius 1 is 1.25 bits per heavy atom. The van der Waals surface area contributed by atoms with Gasteiger partial charge in [-0.15, -0.1) is 0 Å². The van der Waals surface area contributed by atoms with Crippen molar-refractivity contribution in [2.75, 3.05) is 0 Å². The van der Waals surface area contributed by atoms with Crippen LogP contribution in [-0.2, 0) is 17.9 Å². The van der Waals surface area contributed by atoms with E-state index in [9.17, 15) is 14.0 Å². The molecule has 0 saturated carbocycles. The van der Waals surface area contributed by atoms with Crippen LogP contribution < -0.4 is 5.56 Å². The third kappa shape index (κ3) is 3.03. The van der Waals surface area contributed by atoms with Crippen molar-refractivity contribution in [2.45, 2.75) is 20.1 Å². The lowest BCUT2D eigenvalue weighted by Gasteiger charge is -2.08. The number of fused-ring (bicyclic) bond motifs is 1. The van der Waals surface area contributed by atoms with Crippen LogP contribution in [0.1, 0.15) is 22.8 Å². The second-order valence-corrected chi connectivity index (χ2v) is 5.25. The Kier molecular flexibility index (Phi) is 4.37. The molecule has 3 rings (SSSR count). The molecule has 0 amide bonds. The van der Waals surface area contributed by atoms with E-state index in [1.807, 2.05) is 30.3 Å². The minimum atomic E-state index is -0.756. The fraction of sp³-hybridized carbons (Fsp3) is 0.167. The molecular formula is C18H15FN2O3. The maximum atomic E-state index is 14.3. The normalized spacial score (nSPS) is 10.8. The summed E-state index contributed by atoms with van der Waals surface area (Å²) in [5, 5.41) is 4.14. The van der Waals surface area contributed by atoms with Gasteiger partial charge in [0.2, 0.25) is 0 Å². The zero-order valence-corrected chi connectivity index (χ0v) is 13.0. The van der Waals surface area contributed by atoms with Gasteiger partial charge in [-0.1, -0.05) is 30.3 Å². The second kappa shape index (κ2) is 6.62. The highest BCUT2D eigenvalue weighted by Crippen LogP contribution is 2.17. The van der Waals surface area contributed by atoms with Crippen molar-refractivity contribution in [2.24, 2.45) is 0 Å². The van der Waals surface area contributed by atoms with Gasteiger partial charge >= 0.3 is 5.97 Å². The zero-order chi connectivity index (χ0) is 17.1. The molecule has 3 aromatic rings. The van der Waals surface area contributed by atoms with E-state index < -0.39 is 17.3 Å². The molecule has 0 saturated heterocycles. The molecule has 0 aliphatic carbocycles. The summed E-state index contributed by atoms with van der Waals surface area (Å²) in [7, 11) is 0. The van der Waals surface area contributed by atoms with E-state index in [1.165, 1.54) is 16.9 Å². The van der Waals surface area contributed by atoms with Gasteiger partial charge in [-0.3, -0.25) is 4.79 Å². The summed E-state index contributed by atoms with van der Waals surface area (Å²) in [5.41, 5.74) is 0.364. The average Bonchev–Trinajstić information content (AvgIpc) is 2.60. The van der Waals surface area contributed by atoms with Gasteiger partial charge in [-0.2, -0.15) is 5.10 Å². The van der Waals surface area contributed by atoms with Gasteiger partial charge < -0.3 is 4.74 Å². The molecule has 0 radical (unpaired) electrons. The molecule has 0 N–H and O–H groups in total. The van der Waals surface area contributed by atoms with Crippen LogP contribution in [0.5, 0.6) is 0 Å². The van der Waals surface area contributed by atoms with Gasteiger partial charge in [0.05, 0.1) is 17.1 Å². The summed E-state index contributed by atoms with van der Waals surface area (Å²) >= 11 is 0. The van der Waals surface area contributed by atoms with Crippen molar-refractivity contribution in [3.63, 3.8) is 0 Å². The molecule has 5 nitrogen and oxygen atoms in total. The van der Waals surface area contributed by atoms with Crippen LogP contribution in [-0.4, -0.2) is 15.7 Å². The lowest BCUT2D eigenvalue weighted by Crippen LogP contribution is -2.22. The zero-order valence-electron chi connectivity index (χ0n) is 13.0. The molecule has 24 heavy (non-hydrogen) atoms. The summed E-state index contributed by atoms with van der Waals surface area (Å²) < 4.78 is 20.6. The van der Waals surface area contributed by atoms with E-state index in [1.54, 1.807) is 6.92 Å². The van der Waals surface area contributed by atoms with Crippen LogP contribution >= 0.6 is 0 Å². The SMILES string of the molecule is CCn1ncc2cc(C(=O)OCc3ccccc3)cc(F)c2c1=O. The van der Waals surface area contributed by atoms with Crippen molar-refractivity contribution in [1.82, 2.24) is 9.78 Å². The molecule has 2 aromatic carbocycles. The topological polar surface area (TPSA) is 61.2 Å². The lowest BCUT2D eigenvalue weighted by molar-refractivity contribution is 0.0472. The third-order valence-electron chi connectivity index (χ3n) is 3.65. The molecule has 0 aliphatic rings. The Morgan fingerprint density at radius 2 is 2.00 bits per heavy atom. The number of aryl methyl sites for hydroxylation is 1. The Balaban J connectivity index is 1.90. The van der Waals surface area contributed by atoms with Crippen molar-refractivity contribution < 1.29 is 13.9 Å². The largest absolute Gasteiger partial charge is 0.457 e. The maximum absolute atomic E-state index is 14.3. The number of carbonyl (C=O) groups excluding carboxylic acids is 1. The Hall–Kier alpha value is -3.02. The Bertz CT molecular complexity index is 952. The molecule has 0 spiro atoms. The van der Waals surface area contributed by atoms with Crippen LogP contribution in [0.2, 0.25) is 0 Å². The van der Waals surface area contributed by atoms with Crippen molar-refractivity contribution in [3.05, 3.63) is 76.0 Å². The minimum Gasteiger partial charge on any atom is -0.457 e. The first-order valence-electron chi connectivity index (χ1n) is 7.50. The fourth-order valence-electron chi connectivity index (χ4n) is 2.42. The standard InChI is InChI=1S/C18H15FN2O3/c1-2-21-17(22)16-14(10-20-21)8-13(9-15(16)19)18(23)24-11-12-6-4-3-5-7-12/h3-10H,2,11H2,1H3. The number of hydrogen-bond acceptors (Lipinski definition) is 4. The summed E-state index contributed by atoms with van der Waals surface area (Å²) in [6.07, 6.45) is 1.37. The van der Waals surface area contributed by atoms with Crippen LogP contribution in [0.15, 0.2) is 53.5 Å². The summed E-state index contributed by atoms with van der Waals surface area (Å²) in [4.78, 5) is 24.2. The van der Waals surface area contributed by atoms with Crippen molar-refractivity contribution >= 4 is 16.7 Å². The maximum Gasteiger partial charge on any atom is 0.338 e. The molecule has 0 fully saturated rings. The molecular weight excluding hydrogens is 311 g/mol. The van der Waals surface area contributed by atoms with Gasteiger partial charge in [0, 0.05) is 11.9 Å². The molecule has 0 unspecified atom stereocenters. The molecule has 1 heterocycles. The second-order valence-electron chi connectivity index (χ2n) is 5.25. The smallest absolute Gasteiger partial charge is 0.338 e. The third-order valence-corrected chi connectivity index (χ3v) is 3.65. The highest BCUT2D eigenvalue weighted by molar-refractivity contribution is 5.95. The number of aromatic nitrogens is 2. The molecule has 122 valence electrons. The van der Waals surface area contributed by atoms with E-state index in [0.29, 0.717) is 6.54 Å². The summed E-state index contributed by atoms with van der Waals surface area (Å²) in [6, 6.07) is 11.6. The van der Waals surface area contributed by atoms with E-state index in [4.69, 9.17) is 4.74 Å². The molecule has 0 bridgehead atoms. The van der Waals surface area contributed by atoms with Gasteiger partial charge in [0.25, 0.3) is 5.56 Å². The molecule has 1 aromatic heterocycles. The quantitative estimate of drug-likeness (QED) is 0.692. The number of halogens is 1. The number of hydrogen-bond donors (Lipinski definition) is 0. The van der Waals surface area contributed by atoms with E-state index in [2.05, 4.69) is 5.10 Å². The monoisotopic (exact) mass is 326 g/mol. The van der Waals surface area contributed by atoms with Crippen LogP contribution in [0.3, 0.4) is 0 Å². The Morgan fingerprint density at radius 3 is 2.71 bits per heavy atom. The minimum absolute atomic E-state index is 0.0476. The number of rotatable bonds is 4. The first-order valence-corrected chi connectivity index (χ1v) is 7.50. The highest BCUT2D eigenvalue weighted by Gasteiger charge is 2.15. The molecule has 0 atom stereocenters. The highest BCUT2D eigenvalue weighted by atomic mass is 19.1. The first kappa shape index (κ1) is 15.9. The van der Waals surface area contributed by atoms with E-state index >= 15 is 0 Å². The number of ether oxygens (including phenoxy) is 1. The number of carbonyl (C=O) groups is 1. The van der Waals surface area contributed by atoms with Gasteiger partial charge in [-0.05, 0) is 24.6 Å². The van der Waals surface area contributed by atoms with Gasteiger partial charge in [0.1, 0.15) is 12.4 Å². The predicted molar refractivity (Wildman–Crippen MR) is 87.2 cm³/mol. The van der Waals surface area contributed by atoms with Crippen molar-refractivity contribution in [3.8, 4) is 0 Å². The van der Waals surface area contributed by atoms with E-state index in [0.717, 1.165) is 11.6 Å². The Labute approximate surface area is 137 Å². The number of esters is 1. The van der Waals surface area contributed by atoms with Gasteiger partial charge in [0.15, 0.2) is 0 Å². The van der Waals surface area contributed by atoms with Crippen LogP contribution in [0.4, 0.5) is 4.39 Å². The molecule has 0 aliphatic heterocycles. The first-order chi connectivity index (χ1) is 11.6. The van der Waals surface area contributed by atoms with Crippen LogP contribution in [0, 0.1) is 5.82 Å². The molecule has 6 heteroatoms. The average molecular weight is 326 g/mol. The van der Waals surface area contributed by atoms with E-state index in [-0.39, 0.29) is 22.9 Å². The van der Waals surface area contributed by atoms with Gasteiger partial charge in [-0.25, -0.2) is 13.9 Å². The number of nitrogens with zero attached hydrogens (tertiary/aromatic N) is 2. The summed E-state index contributed by atoms with van der Waals surface area (Å²) in [5.74, 6) is -1.41. The fourth-order valence-corrected chi connectivity index (χ4v) is 2.42. The van der Waals surface area contributed by atoms with Crippen molar-refractivity contribution in [1.29, 1.82) is 0 Å². The van der Waals surface area contributed by atoms with Crippen LogP contribution in [0.25, 0.3) is 10.8 Å².